The second-order valence-electron chi connectivity index (χ2n) is 5.14. The maximum atomic E-state index is 12.4. The largest absolute Gasteiger partial charge is 0.495 e. The van der Waals surface area contributed by atoms with Crippen molar-refractivity contribution in [2.24, 2.45) is 5.73 Å². The van der Waals surface area contributed by atoms with Crippen molar-refractivity contribution in [3.8, 4) is 5.75 Å². The van der Waals surface area contributed by atoms with Crippen LogP contribution in [0.25, 0.3) is 0 Å². The number of nitrogens with zero attached hydrogens (tertiary/aromatic N) is 1. The van der Waals surface area contributed by atoms with Crippen LogP contribution in [-0.4, -0.2) is 43.0 Å². The summed E-state index contributed by atoms with van der Waals surface area (Å²) < 4.78 is 5.24. The van der Waals surface area contributed by atoms with Gasteiger partial charge in [0.1, 0.15) is 11.8 Å². The molecule has 1 saturated heterocycles. The zero-order chi connectivity index (χ0) is 15.4. The van der Waals surface area contributed by atoms with Gasteiger partial charge in [-0.3, -0.25) is 9.59 Å². The number of carbonyl (C=O) groups is 2. The van der Waals surface area contributed by atoms with E-state index < -0.39 is 6.04 Å². The number of aryl methyl sites for hydroxylation is 1. The van der Waals surface area contributed by atoms with Crippen LogP contribution >= 0.6 is 12.4 Å². The summed E-state index contributed by atoms with van der Waals surface area (Å²) in [7, 11) is 1.56. The van der Waals surface area contributed by atoms with E-state index >= 15 is 0 Å². The molecule has 122 valence electrons. The van der Waals surface area contributed by atoms with E-state index in [1.807, 2.05) is 25.1 Å². The normalized spacial score (nSPS) is 16.9. The fourth-order valence-corrected chi connectivity index (χ4v) is 2.59. The molecule has 22 heavy (non-hydrogen) atoms. The quantitative estimate of drug-likeness (QED) is 0.873. The van der Waals surface area contributed by atoms with Crippen LogP contribution in [0.2, 0.25) is 0 Å². The van der Waals surface area contributed by atoms with Crippen LogP contribution in [0.15, 0.2) is 18.2 Å². The summed E-state index contributed by atoms with van der Waals surface area (Å²) in [6, 6.07) is 5.11. The highest BCUT2D eigenvalue weighted by Crippen LogP contribution is 2.27. The highest BCUT2D eigenvalue weighted by molar-refractivity contribution is 5.98. The maximum Gasteiger partial charge on any atom is 0.247 e. The van der Waals surface area contributed by atoms with Gasteiger partial charge in [0.15, 0.2) is 0 Å². The number of rotatable bonds is 4. The molecular weight excluding hydrogens is 306 g/mol. The number of halogens is 1. The number of nitrogens with one attached hydrogen (secondary N) is 1. The van der Waals surface area contributed by atoms with Crippen LogP contribution in [0, 0.1) is 6.92 Å². The van der Waals surface area contributed by atoms with E-state index in [9.17, 15) is 9.59 Å². The number of ether oxygens (including phenoxy) is 1. The van der Waals surface area contributed by atoms with E-state index in [-0.39, 0.29) is 30.8 Å². The third kappa shape index (κ3) is 3.90. The molecule has 7 heteroatoms. The van der Waals surface area contributed by atoms with Crippen molar-refractivity contribution in [3.63, 3.8) is 0 Å². The summed E-state index contributed by atoms with van der Waals surface area (Å²) in [6.07, 6.45) is 1.47. The molecule has 3 N–H and O–H groups in total. The van der Waals surface area contributed by atoms with Gasteiger partial charge in [0.05, 0.1) is 19.3 Å². The number of carbonyl (C=O) groups excluding carboxylic acids is 2. The lowest BCUT2D eigenvalue weighted by molar-refractivity contribution is -0.135. The van der Waals surface area contributed by atoms with E-state index in [0.717, 1.165) is 12.0 Å². The van der Waals surface area contributed by atoms with Crippen molar-refractivity contribution in [2.75, 3.05) is 25.5 Å². The standard InChI is InChI=1S/C15H21N3O3.ClH/c1-10-5-6-13(21-2)11(8-10)17-15(20)12-4-3-7-18(12)14(19)9-16;/h5-6,8,12H,3-4,7,9,16H2,1-2H3,(H,17,20);1H. The predicted octanol–water partition coefficient (Wildman–Crippen LogP) is 1.31. The van der Waals surface area contributed by atoms with Crippen molar-refractivity contribution < 1.29 is 14.3 Å². The number of anilines is 1. The summed E-state index contributed by atoms with van der Waals surface area (Å²) in [5.74, 6) is 0.214. The predicted molar refractivity (Wildman–Crippen MR) is 87.4 cm³/mol. The van der Waals surface area contributed by atoms with Gasteiger partial charge in [-0.15, -0.1) is 12.4 Å². The van der Waals surface area contributed by atoms with Crippen LogP contribution in [0.5, 0.6) is 5.75 Å². The Labute approximate surface area is 136 Å². The molecule has 0 aromatic heterocycles. The minimum Gasteiger partial charge on any atom is -0.495 e. The average molecular weight is 328 g/mol. The number of nitrogens with two attached hydrogens (primary N) is 1. The van der Waals surface area contributed by atoms with Crippen LogP contribution in [-0.2, 0) is 9.59 Å². The van der Waals surface area contributed by atoms with Gasteiger partial charge >= 0.3 is 0 Å². The summed E-state index contributed by atoms with van der Waals surface area (Å²) in [5, 5.41) is 2.85. The van der Waals surface area contributed by atoms with E-state index in [1.165, 1.54) is 0 Å². The number of likely N-dealkylation sites (tertiary alicyclic amines) is 1. The van der Waals surface area contributed by atoms with E-state index in [2.05, 4.69) is 5.32 Å². The molecule has 0 bridgehead atoms. The summed E-state index contributed by atoms with van der Waals surface area (Å²) in [4.78, 5) is 25.7. The van der Waals surface area contributed by atoms with Crippen LogP contribution in [0.1, 0.15) is 18.4 Å². The molecule has 0 aliphatic carbocycles. The average Bonchev–Trinajstić information content (AvgIpc) is 2.96. The second-order valence-corrected chi connectivity index (χ2v) is 5.14. The van der Waals surface area contributed by atoms with E-state index in [4.69, 9.17) is 10.5 Å². The molecule has 1 atom stereocenters. The first-order valence-electron chi connectivity index (χ1n) is 7.02. The molecule has 1 heterocycles. The Balaban J connectivity index is 0.00000242. The van der Waals surface area contributed by atoms with Gasteiger partial charge in [-0.1, -0.05) is 6.07 Å². The number of hydrogen-bond donors (Lipinski definition) is 2. The summed E-state index contributed by atoms with van der Waals surface area (Å²) in [5.41, 5.74) is 7.03. The minimum atomic E-state index is -0.453. The zero-order valence-electron chi connectivity index (χ0n) is 12.8. The lowest BCUT2D eigenvalue weighted by atomic mass is 10.1. The Morgan fingerprint density at radius 2 is 2.18 bits per heavy atom. The summed E-state index contributed by atoms with van der Waals surface area (Å²) >= 11 is 0. The third-order valence-electron chi connectivity index (χ3n) is 3.66. The molecule has 1 aliphatic heterocycles. The molecule has 1 aromatic rings. The molecule has 0 spiro atoms. The minimum absolute atomic E-state index is 0. The molecule has 2 amide bonds. The number of methoxy groups -OCH3 is 1. The highest BCUT2D eigenvalue weighted by Gasteiger charge is 2.33. The van der Waals surface area contributed by atoms with Crippen molar-refractivity contribution >= 4 is 29.9 Å². The Kier molecular flexibility index (Phi) is 6.64. The van der Waals surface area contributed by atoms with Crippen molar-refractivity contribution in [2.45, 2.75) is 25.8 Å². The van der Waals surface area contributed by atoms with Crippen molar-refractivity contribution in [3.05, 3.63) is 23.8 Å². The highest BCUT2D eigenvalue weighted by atomic mass is 35.5. The smallest absolute Gasteiger partial charge is 0.247 e. The molecule has 1 fully saturated rings. The maximum absolute atomic E-state index is 12.4. The summed E-state index contributed by atoms with van der Waals surface area (Å²) in [6.45, 7) is 2.45. The molecule has 6 nitrogen and oxygen atoms in total. The third-order valence-corrected chi connectivity index (χ3v) is 3.66. The zero-order valence-corrected chi connectivity index (χ0v) is 13.6. The van der Waals surface area contributed by atoms with Crippen LogP contribution < -0.4 is 15.8 Å². The van der Waals surface area contributed by atoms with Gasteiger partial charge < -0.3 is 20.7 Å². The topological polar surface area (TPSA) is 84.7 Å². The van der Waals surface area contributed by atoms with Gasteiger partial charge in [0, 0.05) is 6.54 Å². The fraction of sp³-hybridized carbons (Fsp3) is 0.467. The number of benzene rings is 1. The molecule has 1 aliphatic rings. The Morgan fingerprint density at radius 1 is 1.45 bits per heavy atom. The van der Waals surface area contributed by atoms with Crippen molar-refractivity contribution in [1.29, 1.82) is 0 Å². The van der Waals surface area contributed by atoms with Crippen LogP contribution in [0.4, 0.5) is 5.69 Å². The van der Waals surface area contributed by atoms with E-state index in [0.29, 0.717) is 24.4 Å². The van der Waals surface area contributed by atoms with Gasteiger partial charge in [0.2, 0.25) is 11.8 Å². The Bertz CT molecular complexity index is 551. The lowest BCUT2D eigenvalue weighted by Crippen LogP contribution is -2.45. The van der Waals surface area contributed by atoms with Gasteiger partial charge in [0.25, 0.3) is 0 Å². The monoisotopic (exact) mass is 327 g/mol. The molecule has 2 rings (SSSR count). The van der Waals surface area contributed by atoms with Gasteiger partial charge in [-0.2, -0.15) is 0 Å². The van der Waals surface area contributed by atoms with E-state index in [1.54, 1.807) is 12.0 Å². The first-order chi connectivity index (χ1) is 10.1. The molecule has 1 aromatic carbocycles. The molecule has 0 saturated carbocycles. The number of hydrogen-bond acceptors (Lipinski definition) is 4. The van der Waals surface area contributed by atoms with Gasteiger partial charge in [-0.25, -0.2) is 0 Å². The lowest BCUT2D eigenvalue weighted by Gasteiger charge is -2.23. The molecule has 1 unspecified atom stereocenters. The first kappa shape index (κ1) is 18.3. The number of amides is 2. The SMILES string of the molecule is COc1ccc(C)cc1NC(=O)C1CCCN1C(=O)CN.Cl. The Morgan fingerprint density at radius 3 is 2.82 bits per heavy atom. The second kappa shape index (κ2) is 8.00. The molecule has 0 radical (unpaired) electrons. The fourth-order valence-electron chi connectivity index (χ4n) is 2.59. The Hall–Kier alpha value is -1.79. The van der Waals surface area contributed by atoms with Crippen LogP contribution in [0.3, 0.4) is 0 Å². The molecular formula is C15H22ClN3O3. The van der Waals surface area contributed by atoms with Crippen molar-refractivity contribution in [1.82, 2.24) is 4.90 Å². The van der Waals surface area contributed by atoms with Gasteiger partial charge in [-0.05, 0) is 37.5 Å². The first-order valence-corrected chi connectivity index (χ1v) is 7.02.